The zero-order valence-corrected chi connectivity index (χ0v) is 21.5. The van der Waals surface area contributed by atoms with Crippen LogP contribution >= 0.6 is 22.9 Å². The van der Waals surface area contributed by atoms with Gasteiger partial charge in [0.25, 0.3) is 5.91 Å². The van der Waals surface area contributed by atoms with E-state index in [9.17, 15) is 19.2 Å². The molecule has 0 spiro atoms. The van der Waals surface area contributed by atoms with Crippen LogP contribution in [0.2, 0.25) is 4.34 Å². The largest absolute Gasteiger partial charge is 0.466 e. The van der Waals surface area contributed by atoms with E-state index in [1.54, 1.807) is 0 Å². The fourth-order valence-electron chi connectivity index (χ4n) is 3.36. The number of esters is 2. The molecule has 2 heterocycles. The quantitative estimate of drug-likeness (QED) is 0.269. The number of amides is 2. The van der Waals surface area contributed by atoms with Crippen LogP contribution in [0.15, 0.2) is 30.3 Å². The highest BCUT2D eigenvalue weighted by atomic mass is 35.5. The van der Waals surface area contributed by atoms with Crippen molar-refractivity contribution in [1.29, 1.82) is 0 Å². The lowest BCUT2D eigenvalue weighted by Gasteiger charge is -2.26. The van der Waals surface area contributed by atoms with Crippen LogP contribution < -0.4 is 10.6 Å². The van der Waals surface area contributed by atoms with Crippen LogP contribution in [-0.4, -0.2) is 72.7 Å². The number of nitrogens with one attached hydrogen (secondary N) is 2. The lowest BCUT2D eigenvalue weighted by Crippen LogP contribution is -2.49. The monoisotopic (exact) mass is 536 g/mol. The minimum atomic E-state index is -1.28. The first kappa shape index (κ1) is 27.6. The van der Waals surface area contributed by atoms with Gasteiger partial charge in [-0.1, -0.05) is 55.3 Å². The van der Waals surface area contributed by atoms with E-state index in [4.69, 9.17) is 21.1 Å². The molecule has 1 saturated heterocycles. The Labute approximate surface area is 218 Å². The number of piperazine rings is 1. The normalized spacial score (nSPS) is 14.1. The van der Waals surface area contributed by atoms with E-state index in [0.29, 0.717) is 31.2 Å². The number of halogens is 1. The minimum Gasteiger partial charge on any atom is -0.466 e. The van der Waals surface area contributed by atoms with Crippen molar-refractivity contribution in [3.63, 3.8) is 0 Å². The highest BCUT2D eigenvalue weighted by Gasteiger charge is 2.30. The van der Waals surface area contributed by atoms with Crippen LogP contribution in [0, 0.1) is 0 Å². The Bertz CT molecular complexity index is 1060. The van der Waals surface area contributed by atoms with Crippen molar-refractivity contribution < 1.29 is 28.7 Å². The molecule has 0 aliphatic carbocycles. The third-order valence-electron chi connectivity index (χ3n) is 5.37. The number of unbranched alkanes of at least 4 members (excludes halogenated alkanes) is 1. The van der Waals surface area contributed by atoms with E-state index < -0.39 is 30.0 Å². The molecule has 1 unspecified atom stereocenters. The number of nitrogens with zero attached hydrogens (tertiary/aromatic N) is 2. The highest BCUT2D eigenvalue weighted by molar-refractivity contribution is 7.19. The maximum Gasteiger partial charge on any atom is 0.417 e. The average molecular weight is 537 g/mol. The number of hydrogen-bond acceptors (Lipinski definition) is 9. The van der Waals surface area contributed by atoms with Gasteiger partial charge in [-0.2, -0.15) is 0 Å². The molecule has 1 atom stereocenters. The summed E-state index contributed by atoms with van der Waals surface area (Å²) < 4.78 is 10.3. The first-order valence-corrected chi connectivity index (χ1v) is 13.0. The molecule has 0 radical (unpaired) electrons. The Balaban J connectivity index is 1.69. The molecule has 1 aliphatic heterocycles. The molecular formula is C24H29ClN4O6S. The molecule has 1 aromatic carbocycles. The highest BCUT2D eigenvalue weighted by Crippen LogP contribution is 2.31. The smallest absolute Gasteiger partial charge is 0.417 e. The summed E-state index contributed by atoms with van der Waals surface area (Å²) in [6.45, 7) is 4.19. The summed E-state index contributed by atoms with van der Waals surface area (Å²) in [6, 6.07) is 7.93. The Morgan fingerprint density at radius 3 is 2.61 bits per heavy atom. The summed E-state index contributed by atoms with van der Waals surface area (Å²) in [5.74, 6) is -2.20. The Kier molecular flexibility index (Phi) is 10.6. The van der Waals surface area contributed by atoms with Crippen molar-refractivity contribution in [2.45, 2.75) is 38.6 Å². The number of thiazole rings is 1. The molecule has 0 bridgehead atoms. The van der Waals surface area contributed by atoms with Crippen molar-refractivity contribution in [2.24, 2.45) is 0 Å². The molecule has 10 nitrogen and oxygen atoms in total. The second kappa shape index (κ2) is 13.9. The van der Waals surface area contributed by atoms with Gasteiger partial charge in [-0.05, 0) is 12.8 Å². The summed E-state index contributed by atoms with van der Waals surface area (Å²) in [5.41, 5.74) is 0.730. The molecule has 2 aromatic rings. The van der Waals surface area contributed by atoms with Crippen LogP contribution in [-0.2, 0) is 19.1 Å². The van der Waals surface area contributed by atoms with Crippen molar-refractivity contribution in [3.8, 4) is 10.6 Å². The van der Waals surface area contributed by atoms with Crippen molar-refractivity contribution >= 4 is 46.9 Å². The van der Waals surface area contributed by atoms with Gasteiger partial charge in [0.05, 0.1) is 6.61 Å². The number of carbonyl (C=O) groups is 4. The van der Waals surface area contributed by atoms with Gasteiger partial charge in [0.2, 0.25) is 0 Å². The fraction of sp³-hybridized carbons (Fsp3) is 0.458. The average Bonchev–Trinajstić information content (AvgIpc) is 3.29. The Hall–Kier alpha value is -3.02. The fourth-order valence-corrected chi connectivity index (χ4v) is 4.50. The molecule has 0 saturated carbocycles. The van der Waals surface area contributed by atoms with Gasteiger partial charge in [0.15, 0.2) is 5.69 Å². The summed E-state index contributed by atoms with van der Waals surface area (Å²) in [6.07, 6.45) is 0.526. The molecule has 1 fully saturated rings. The first-order valence-electron chi connectivity index (χ1n) is 11.8. The third kappa shape index (κ3) is 8.00. The molecule has 1 aliphatic rings. The molecular weight excluding hydrogens is 508 g/mol. The Morgan fingerprint density at radius 1 is 1.19 bits per heavy atom. The van der Waals surface area contributed by atoms with E-state index in [1.807, 2.05) is 37.3 Å². The summed E-state index contributed by atoms with van der Waals surface area (Å²) >= 11 is 7.40. The second-order valence-corrected chi connectivity index (χ2v) is 9.67. The molecule has 12 heteroatoms. The number of carbonyl (C=O) groups excluding carboxylic acids is 4. The van der Waals surface area contributed by atoms with E-state index >= 15 is 0 Å². The van der Waals surface area contributed by atoms with Gasteiger partial charge in [-0.3, -0.25) is 9.59 Å². The predicted molar refractivity (Wildman–Crippen MR) is 135 cm³/mol. The first-order chi connectivity index (χ1) is 17.4. The summed E-state index contributed by atoms with van der Waals surface area (Å²) in [7, 11) is 0. The lowest BCUT2D eigenvalue weighted by atomic mass is 10.1. The maximum atomic E-state index is 13.0. The third-order valence-corrected chi connectivity index (χ3v) is 6.68. The van der Waals surface area contributed by atoms with E-state index in [0.717, 1.165) is 29.7 Å². The lowest BCUT2D eigenvalue weighted by molar-refractivity contribution is -0.144. The second-order valence-electron chi connectivity index (χ2n) is 8.07. The predicted octanol–water partition coefficient (Wildman–Crippen LogP) is 3.25. The van der Waals surface area contributed by atoms with E-state index in [-0.39, 0.29) is 29.5 Å². The topological polar surface area (TPSA) is 127 Å². The molecule has 194 valence electrons. The molecule has 3 rings (SSSR count). The number of ether oxygens (including phenoxy) is 2. The summed E-state index contributed by atoms with van der Waals surface area (Å²) in [5, 5.41) is 6.17. The van der Waals surface area contributed by atoms with Gasteiger partial charge in [-0.15, -0.1) is 11.3 Å². The summed E-state index contributed by atoms with van der Waals surface area (Å²) in [4.78, 5) is 56.1. The van der Waals surface area contributed by atoms with Gasteiger partial charge < -0.3 is 25.0 Å². The van der Waals surface area contributed by atoms with Crippen LogP contribution in [0.3, 0.4) is 0 Å². The van der Waals surface area contributed by atoms with Crippen LogP contribution in [0.4, 0.5) is 4.79 Å². The maximum absolute atomic E-state index is 13.0. The number of rotatable bonds is 10. The molecule has 2 N–H and O–H groups in total. The zero-order chi connectivity index (χ0) is 25.9. The van der Waals surface area contributed by atoms with Gasteiger partial charge in [0, 0.05) is 38.2 Å². The van der Waals surface area contributed by atoms with Gasteiger partial charge in [0.1, 0.15) is 15.4 Å². The van der Waals surface area contributed by atoms with Crippen LogP contribution in [0.5, 0.6) is 0 Å². The number of hydrogen-bond donors (Lipinski definition) is 2. The van der Waals surface area contributed by atoms with Gasteiger partial charge >= 0.3 is 18.0 Å². The van der Waals surface area contributed by atoms with Crippen LogP contribution in [0.25, 0.3) is 10.6 Å². The van der Waals surface area contributed by atoms with E-state index in [2.05, 4.69) is 15.6 Å². The Morgan fingerprint density at radius 2 is 1.92 bits per heavy atom. The molecule has 1 aromatic heterocycles. The zero-order valence-electron chi connectivity index (χ0n) is 20.0. The van der Waals surface area contributed by atoms with Crippen LogP contribution in [0.1, 0.15) is 43.1 Å². The number of aromatic nitrogens is 1. The molecule has 36 heavy (non-hydrogen) atoms. The van der Waals surface area contributed by atoms with E-state index in [1.165, 1.54) is 4.90 Å². The van der Waals surface area contributed by atoms with Crippen molar-refractivity contribution in [2.75, 3.05) is 32.8 Å². The standard InChI is InChI=1S/C24H29ClN4O6S/c1-2-3-15-34-18(30)10-9-17(23(32)35-24(33)29-13-11-26-12-14-29)27-21(31)19-20(25)36-22(28-19)16-7-5-4-6-8-16/h4-8,17,26H,2-3,9-15H2,1H3,(H,27,31). The SMILES string of the molecule is CCCCOC(=O)CCC(NC(=O)c1nc(-c2ccccc2)sc1Cl)C(=O)OC(=O)N1CCNCC1. The van der Waals surface area contributed by atoms with Crippen molar-refractivity contribution in [3.05, 3.63) is 40.4 Å². The molecule has 2 amide bonds. The van der Waals surface area contributed by atoms with Gasteiger partial charge in [-0.25, -0.2) is 14.6 Å². The number of benzene rings is 1. The van der Waals surface area contributed by atoms with Crippen molar-refractivity contribution in [1.82, 2.24) is 20.5 Å². The minimum absolute atomic E-state index is 0.0581.